The summed E-state index contributed by atoms with van der Waals surface area (Å²) in [5, 5.41) is 153. The van der Waals surface area contributed by atoms with Crippen LogP contribution in [0.5, 0.6) is 0 Å². The molecule has 0 fully saturated rings. The molecule has 0 unspecified atom stereocenters. The third-order valence-electron chi connectivity index (χ3n) is 1.89. The number of carbonyl (C=O) groups excluding carboxylic acids is 4. The predicted molar refractivity (Wildman–Crippen MR) is 261 cm³/mol. The Hall–Kier alpha value is 0.932. The zero-order valence-electron chi connectivity index (χ0n) is 53.4. The van der Waals surface area contributed by atoms with Gasteiger partial charge < -0.3 is 101 Å². The average Bonchev–Trinajstić information content (AvgIpc) is 3.02. The van der Waals surface area contributed by atoms with Crippen molar-refractivity contribution in [2.45, 2.75) is 295 Å². The topological polar surface area (TPSA) is 437 Å². The number of aliphatic carboxylic acids is 4. The Morgan fingerprint density at radius 1 is 0.171 bits per heavy atom. The van der Waals surface area contributed by atoms with E-state index in [2.05, 4.69) is 0 Å². The molecule has 0 aromatic rings. The van der Waals surface area contributed by atoms with E-state index >= 15 is 0 Å². The second kappa shape index (κ2) is 115. The molecule has 0 aromatic carbocycles. The van der Waals surface area contributed by atoms with Crippen LogP contribution in [0.15, 0.2) is 0 Å². The fourth-order valence-electron chi connectivity index (χ4n) is 0. The Bertz CT molecular complexity index is 690. The normalized spacial score (nSPS) is 8.58. The molecule has 456 valence electrons. The molecule has 0 saturated heterocycles. The Morgan fingerprint density at radius 3 is 0.184 bits per heavy atom. The summed E-state index contributed by atoms with van der Waals surface area (Å²) in [6.45, 7) is 51.3. The molecule has 0 saturated carbocycles. The third kappa shape index (κ3) is 1430. The first kappa shape index (κ1) is 137. The van der Waals surface area contributed by atoms with Crippen molar-refractivity contribution < 1.29 is 206 Å². The molecule has 0 aliphatic carbocycles. The van der Waals surface area contributed by atoms with Crippen LogP contribution in [0.1, 0.15) is 222 Å². The molecule has 0 bridgehead atoms. The van der Waals surface area contributed by atoms with Crippen molar-refractivity contribution >= 4 is 23.9 Å². The fourth-order valence-corrected chi connectivity index (χ4v) is 0. The average molecular weight is 1420 g/mol. The van der Waals surface area contributed by atoms with E-state index < -0.39 is 97.1 Å². The van der Waals surface area contributed by atoms with Crippen LogP contribution in [0, 0.1) is 23.7 Å². The number of carboxylic acids is 4. The molecular weight excluding hydrogens is 1310 g/mol. The van der Waals surface area contributed by atoms with E-state index in [1.165, 1.54) is 0 Å². The molecular formula is C52H112O20Zr4. The van der Waals surface area contributed by atoms with Crippen LogP contribution in [0.2, 0.25) is 0 Å². The summed E-state index contributed by atoms with van der Waals surface area (Å²) in [6, 6.07) is 0. The maximum Gasteiger partial charge on any atom is 4.00 e. The molecule has 0 atom stereocenters. The van der Waals surface area contributed by atoms with E-state index in [9.17, 15) is 101 Å². The number of rotatable bonds is 4. The summed E-state index contributed by atoms with van der Waals surface area (Å²) in [7, 11) is 0. The van der Waals surface area contributed by atoms with Crippen molar-refractivity contribution in [1.29, 1.82) is 0 Å². The van der Waals surface area contributed by atoms with Gasteiger partial charge in [0, 0.05) is 23.9 Å². The first-order valence-electron chi connectivity index (χ1n) is 24.1. The molecule has 0 aromatic heterocycles. The van der Waals surface area contributed by atoms with Gasteiger partial charge in [-0.25, -0.2) is 0 Å². The van der Waals surface area contributed by atoms with Crippen molar-refractivity contribution in [3.63, 3.8) is 0 Å². The monoisotopic (exact) mass is 1420 g/mol. The third-order valence-corrected chi connectivity index (χ3v) is 1.89. The van der Waals surface area contributed by atoms with Gasteiger partial charge in [-0.15, -0.1) is 73.2 Å². The van der Waals surface area contributed by atoms with Gasteiger partial charge in [0.1, 0.15) is 0 Å². The summed E-state index contributed by atoms with van der Waals surface area (Å²) >= 11 is 0. The maximum absolute atomic E-state index is 9.59. The van der Waals surface area contributed by atoms with Crippen LogP contribution < -0.4 is 81.7 Å². The molecule has 0 spiro atoms. The van der Waals surface area contributed by atoms with Crippen molar-refractivity contribution in [3.8, 4) is 0 Å². The van der Waals surface area contributed by atoms with Gasteiger partial charge in [0.25, 0.3) is 0 Å². The number of carboxylic acid groups (broad SMARTS) is 4. The van der Waals surface area contributed by atoms with E-state index in [0.717, 1.165) is 0 Å². The largest absolute Gasteiger partial charge is 4.00 e. The molecule has 0 rings (SSSR count). The summed E-state index contributed by atoms with van der Waals surface area (Å²) < 4.78 is 0. The van der Waals surface area contributed by atoms with Gasteiger partial charge in [-0.3, -0.25) is 0 Å². The first-order chi connectivity index (χ1) is 31.4. The molecule has 0 N–H and O–H groups in total. The van der Waals surface area contributed by atoms with E-state index in [1.807, 2.05) is 0 Å². The van der Waals surface area contributed by atoms with Gasteiger partial charge in [0.2, 0.25) is 0 Å². The molecule has 76 heavy (non-hydrogen) atoms. The van der Waals surface area contributed by atoms with Crippen LogP contribution in [-0.4, -0.2) is 97.1 Å². The zero-order chi connectivity index (χ0) is 63.5. The Morgan fingerprint density at radius 2 is 0.184 bits per heavy atom. The summed E-state index contributed by atoms with van der Waals surface area (Å²) in [5.41, 5.74) is 0. The first-order valence-corrected chi connectivity index (χ1v) is 24.1. The summed E-state index contributed by atoms with van der Waals surface area (Å²) in [6.07, 6.45) is -5.00. The number of hydrogen-bond donors (Lipinski definition) is 0. The second-order valence-corrected chi connectivity index (χ2v) is 18.5. The molecule has 0 aliphatic heterocycles. The summed E-state index contributed by atoms with van der Waals surface area (Å²) in [4.78, 5) is 38.4. The molecule has 20 nitrogen and oxygen atoms in total. The van der Waals surface area contributed by atoms with Crippen molar-refractivity contribution in [1.82, 2.24) is 0 Å². The molecule has 0 amide bonds. The van der Waals surface area contributed by atoms with E-state index in [0.29, 0.717) is 0 Å². The zero-order valence-corrected chi connectivity index (χ0v) is 63.2. The van der Waals surface area contributed by atoms with E-state index in [-0.39, 0.29) is 128 Å². The van der Waals surface area contributed by atoms with Crippen LogP contribution in [0.25, 0.3) is 0 Å². The van der Waals surface area contributed by atoms with Gasteiger partial charge in [-0.1, -0.05) is 222 Å². The van der Waals surface area contributed by atoms with Crippen LogP contribution in [-0.2, 0) is 124 Å². The molecule has 0 aliphatic rings. The summed E-state index contributed by atoms with van der Waals surface area (Å²) in [5.74, 6) is -5.33. The van der Waals surface area contributed by atoms with Crippen molar-refractivity contribution in [2.75, 3.05) is 0 Å². The van der Waals surface area contributed by atoms with E-state index in [4.69, 9.17) is 0 Å². The van der Waals surface area contributed by atoms with Crippen molar-refractivity contribution in [3.05, 3.63) is 0 Å². The fraction of sp³-hybridized carbons (Fsp3) is 0.923. The van der Waals surface area contributed by atoms with Gasteiger partial charge in [0.15, 0.2) is 0 Å². The Kier molecular flexibility index (Phi) is 207. The minimum absolute atomic E-state index is 0. The van der Waals surface area contributed by atoms with Crippen LogP contribution >= 0.6 is 0 Å². The second-order valence-electron chi connectivity index (χ2n) is 18.5. The SMILES string of the molecule is CC(C)C(=O)[O-].CC(C)C(=O)[O-].CC(C)C(=O)[O-].CC(C)C(=O)[O-].CC(C)[O-].CC(C)[O-].CC(C)[O-].CC(C)[O-].CC(C)[O-].CC(C)[O-].CC(C)[O-].CC(C)[O-].CC(C)[O-].CC(C)[O-].CC(C)[O-].CC(C)[O-].[Zr+4].[Zr+4].[Zr+4].[Zr+4]. The quantitative estimate of drug-likeness (QED) is 0.254. The van der Waals surface area contributed by atoms with Crippen LogP contribution in [0.4, 0.5) is 0 Å². The molecule has 0 heterocycles. The Labute approximate surface area is 543 Å². The Balaban J connectivity index is -0.0000000244. The maximum atomic E-state index is 9.59. The smallest absolute Gasteiger partial charge is 0.852 e. The van der Waals surface area contributed by atoms with Gasteiger partial charge in [-0.2, -0.15) is 0 Å². The van der Waals surface area contributed by atoms with Gasteiger partial charge in [-0.05, 0) is 23.7 Å². The number of hydrogen-bond acceptors (Lipinski definition) is 20. The molecule has 24 heteroatoms. The minimum Gasteiger partial charge on any atom is -0.852 e. The predicted octanol–water partition coefficient (Wildman–Crippen LogP) is -5.38. The number of carbonyl (C=O) groups is 4. The molecule has 0 radical (unpaired) electrons. The van der Waals surface area contributed by atoms with Crippen LogP contribution in [0.3, 0.4) is 0 Å². The van der Waals surface area contributed by atoms with Gasteiger partial charge >= 0.3 is 105 Å². The minimum atomic E-state index is -0.991. The van der Waals surface area contributed by atoms with E-state index in [1.54, 1.807) is 222 Å². The van der Waals surface area contributed by atoms with Gasteiger partial charge in [0.05, 0.1) is 0 Å². The standard InChI is InChI=1S/4C4H8O2.12C3H7O.4Zr/c4*1-3(2)4(5)6;12*1-3(2)4;;;;/h4*3H,1-2H3,(H,5,6);12*3H,1-2H3;;;;/q;;;;12*-1;4*+4/p-4. The van der Waals surface area contributed by atoms with Crippen molar-refractivity contribution in [2.24, 2.45) is 23.7 Å².